The SMILES string of the molecule is C=N/C(=C(\C)c1ccccc1C)c1ccc(-n2c3ccccc3c3ccccc32)cc1.Cc1ccccc1N(C)c1ccc(-c2nc(-c3ccccc3)c3c(n2)oc2ccccc23)cc1. The van der Waals surface area contributed by atoms with Gasteiger partial charge in [-0.25, -0.2) is 4.98 Å². The summed E-state index contributed by atoms with van der Waals surface area (Å²) in [6.07, 6.45) is 0. The van der Waals surface area contributed by atoms with Crippen LogP contribution < -0.4 is 4.90 Å². The summed E-state index contributed by atoms with van der Waals surface area (Å²) in [6, 6.07) is 69.2. The summed E-state index contributed by atoms with van der Waals surface area (Å²) in [7, 11) is 2.09. The largest absolute Gasteiger partial charge is 0.438 e. The van der Waals surface area contributed by atoms with Gasteiger partial charge in [-0.2, -0.15) is 4.98 Å². The summed E-state index contributed by atoms with van der Waals surface area (Å²) in [5.41, 5.74) is 16.9. The van der Waals surface area contributed by atoms with E-state index < -0.39 is 0 Å². The zero-order valence-electron chi connectivity index (χ0n) is 36.9. The monoisotopic (exact) mass is 841 g/mol. The van der Waals surface area contributed by atoms with E-state index in [1.165, 1.54) is 44.2 Å². The minimum atomic E-state index is 0.603. The number of fused-ring (bicyclic) bond motifs is 6. The molecule has 3 heterocycles. The van der Waals surface area contributed by atoms with Crippen molar-refractivity contribution in [2.45, 2.75) is 20.8 Å². The Balaban J connectivity index is 0.000000154. The van der Waals surface area contributed by atoms with Crippen LogP contribution in [0.1, 0.15) is 29.2 Å². The maximum absolute atomic E-state index is 6.15. The molecule has 0 aliphatic heterocycles. The Labute approximate surface area is 379 Å². The molecule has 0 aliphatic carbocycles. The van der Waals surface area contributed by atoms with Crippen LogP contribution in [-0.2, 0) is 0 Å². The van der Waals surface area contributed by atoms with E-state index in [2.05, 4.69) is 213 Å². The van der Waals surface area contributed by atoms with Crippen LogP contribution in [0.4, 0.5) is 11.4 Å². The van der Waals surface area contributed by atoms with Gasteiger partial charge in [0, 0.05) is 57.0 Å². The number of rotatable bonds is 8. The molecule has 0 fully saturated rings. The minimum Gasteiger partial charge on any atom is -0.438 e. The quantitative estimate of drug-likeness (QED) is 0.113. The lowest BCUT2D eigenvalue weighted by molar-refractivity contribution is 0.653. The zero-order valence-corrected chi connectivity index (χ0v) is 36.9. The maximum atomic E-state index is 6.15. The number of furan rings is 1. The van der Waals surface area contributed by atoms with E-state index in [4.69, 9.17) is 14.4 Å². The predicted molar refractivity (Wildman–Crippen MR) is 273 cm³/mol. The van der Waals surface area contributed by atoms with Crippen molar-refractivity contribution in [1.82, 2.24) is 14.5 Å². The van der Waals surface area contributed by atoms with Gasteiger partial charge in [0.25, 0.3) is 0 Å². The van der Waals surface area contributed by atoms with E-state index in [9.17, 15) is 0 Å². The predicted octanol–water partition coefficient (Wildman–Crippen LogP) is 15.5. The lowest BCUT2D eigenvalue weighted by Crippen LogP contribution is -2.10. The van der Waals surface area contributed by atoms with Gasteiger partial charge in [-0.1, -0.05) is 140 Å². The number of hydrogen-bond donors (Lipinski definition) is 0. The third-order valence-electron chi connectivity index (χ3n) is 12.3. The highest BCUT2D eigenvalue weighted by molar-refractivity contribution is 6.11. The van der Waals surface area contributed by atoms with E-state index in [-0.39, 0.29) is 0 Å². The van der Waals surface area contributed by atoms with Crippen molar-refractivity contribution in [2.75, 3.05) is 11.9 Å². The molecule has 3 aromatic heterocycles. The van der Waals surface area contributed by atoms with Crippen LogP contribution in [0.2, 0.25) is 0 Å². The fourth-order valence-electron chi connectivity index (χ4n) is 8.99. The first-order valence-corrected chi connectivity index (χ1v) is 21.8. The molecule has 0 saturated heterocycles. The molecule has 0 radical (unpaired) electrons. The van der Waals surface area contributed by atoms with Crippen LogP contribution in [-0.4, -0.2) is 28.3 Å². The van der Waals surface area contributed by atoms with Crippen LogP contribution in [0.3, 0.4) is 0 Å². The topological polar surface area (TPSA) is 59.5 Å². The van der Waals surface area contributed by atoms with Crippen molar-refractivity contribution in [3.63, 3.8) is 0 Å². The second kappa shape index (κ2) is 17.4. The van der Waals surface area contributed by atoms with Crippen molar-refractivity contribution in [3.8, 4) is 28.3 Å². The highest BCUT2D eigenvalue weighted by atomic mass is 16.3. The molecule has 0 aliphatic rings. The zero-order chi connectivity index (χ0) is 44.4. The van der Waals surface area contributed by atoms with Crippen LogP contribution in [0, 0.1) is 13.8 Å². The molecule has 11 aromatic rings. The van der Waals surface area contributed by atoms with Crippen LogP contribution in [0.25, 0.3) is 83.5 Å². The third kappa shape index (κ3) is 7.66. The Morgan fingerprint density at radius 1 is 0.569 bits per heavy atom. The molecule has 0 amide bonds. The van der Waals surface area contributed by atoms with Gasteiger partial charge in [-0.15, -0.1) is 0 Å². The number of aryl methyl sites for hydroxylation is 2. The highest BCUT2D eigenvalue weighted by Crippen LogP contribution is 2.38. The molecule has 0 spiro atoms. The summed E-state index contributed by atoms with van der Waals surface area (Å²) in [5, 5.41) is 4.51. The number of aliphatic imine (C=N–C) groups is 1. The van der Waals surface area contributed by atoms with Gasteiger partial charge in [-0.3, -0.25) is 4.99 Å². The molecular formula is C59H47N5O. The van der Waals surface area contributed by atoms with Crippen LogP contribution >= 0.6 is 0 Å². The van der Waals surface area contributed by atoms with Gasteiger partial charge in [0.2, 0.25) is 5.71 Å². The molecule has 0 atom stereocenters. The lowest BCUT2D eigenvalue weighted by Gasteiger charge is -2.21. The maximum Gasteiger partial charge on any atom is 0.231 e. The summed E-state index contributed by atoms with van der Waals surface area (Å²) < 4.78 is 8.48. The second-order valence-electron chi connectivity index (χ2n) is 16.3. The fraction of sp³-hybridized carbons (Fsp3) is 0.0678. The first-order chi connectivity index (χ1) is 31.9. The first kappa shape index (κ1) is 40.7. The third-order valence-corrected chi connectivity index (χ3v) is 12.3. The van der Waals surface area contributed by atoms with Gasteiger partial charge in [0.1, 0.15) is 5.58 Å². The molecule has 0 bridgehead atoms. The fourth-order valence-corrected chi connectivity index (χ4v) is 8.99. The number of aromatic nitrogens is 3. The summed E-state index contributed by atoms with van der Waals surface area (Å²) in [5.74, 6) is 0.649. The average Bonchev–Trinajstić information content (AvgIpc) is 3.91. The van der Waals surface area contributed by atoms with Crippen LogP contribution in [0.5, 0.6) is 0 Å². The Bertz CT molecular complexity index is 3490. The van der Waals surface area contributed by atoms with E-state index >= 15 is 0 Å². The van der Waals surface area contributed by atoms with E-state index in [0.717, 1.165) is 61.4 Å². The number of para-hydroxylation sites is 4. The number of hydrogen-bond acceptors (Lipinski definition) is 5. The Hall–Kier alpha value is -8.35. The number of nitrogens with zero attached hydrogens (tertiary/aromatic N) is 5. The highest BCUT2D eigenvalue weighted by Gasteiger charge is 2.19. The molecule has 65 heavy (non-hydrogen) atoms. The summed E-state index contributed by atoms with van der Waals surface area (Å²) in [4.78, 5) is 16.4. The normalized spacial score (nSPS) is 11.7. The molecule has 6 heteroatoms. The van der Waals surface area contributed by atoms with Crippen molar-refractivity contribution >= 4 is 73.2 Å². The van der Waals surface area contributed by atoms with Crippen molar-refractivity contribution in [2.24, 2.45) is 4.99 Å². The molecule has 0 N–H and O–H groups in total. The number of anilines is 2. The first-order valence-electron chi connectivity index (χ1n) is 21.8. The van der Waals surface area contributed by atoms with Gasteiger partial charge in [-0.05, 0) is 110 Å². The average molecular weight is 842 g/mol. The number of benzene rings is 8. The molecular weight excluding hydrogens is 795 g/mol. The van der Waals surface area contributed by atoms with E-state index in [1.54, 1.807) is 0 Å². The molecule has 11 rings (SSSR count). The Morgan fingerprint density at radius 3 is 1.82 bits per heavy atom. The second-order valence-corrected chi connectivity index (χ2v) is 16.3. The summed E-state index contributed by atoms with van der Waals surface area (Å²) >= 11 is 0. The Morgan fingerprint density at radius 2 is 1.15 bits per heavy atom. The van der Waals surface area contributed by atoms with Crippen LogP contribution in [0.15, 0.2) is 210 Å². The van der Waals surface area contributed by atoms with Crippen molar-refractivity contribution in [1.29, 1.82) is 0 Å². The van der Waals surface area contributed by atoms with Crippen molar-refractivity contribution in [3.05, 3.63) is 222 Å². The van der Waals surface area contributed by atoms with Gasteiger partial charge in [0.15, 0.2) is 5.82 Å². The summed E-state index contributed by atoms with van der Waals surface area (Å²) in [6.45, 7) is 10.2. The molecule has 8 aromatic carbocycles. The minimum absolute atomic E-state index is 0.603. The van der Waals surface area contributed by atoms with Gasteiger partial charge >= 0.3 is 0 Å². The van der Waals surface area contributed by atoms with Crippen molar-refractivity contribution < 1.29 is 4.42 Å². The number of allylic oxidation sites excluding steroid dienone is 1. The molecule has 6 nitrogen and oxygen atoms in total. The molecule has 0 saturated carbocycles. The molecule has 0 unspecified atom stereocenters. The van der Waals surface area contributed by atoms with E-state index in [1.807, 2.05) is 36.4 Å². The van der Waals surface area contributed by atoms with Gasteiger partial charge < -0.3 is 13.9 Å². The standard InChI is InChI=1S/C30H23N3O.C29H24N2/c1-20-10-6-8-14-25(20)33(2)23-18-16-22(17-19-23)29-31-28(21-11-4-3-5-12-21)27-24-13-7-9-15-26(24)34-30(27)32-29;1-20-10-4-5-11-24(20)21(2)29(30-3)22-16-18-23(19-17-22)31-27-14-8-6-12-25(27)26-13-7-9-15-28(26)31/h3-19H,1-2H3;4-19H,3H2,1-2H3/b;29-21+. The van der Waals surface area contributed by atoms with E-state index in [0.29, 0.717) is 11.5 Å². The smallest absolute Gasteiger partial charge is 0.231 e. The molecule has 314 valence electrons. The van der Waals surface area contributed by atoms with Gasteiger partial charge in [0.05, 0.1) is 27.8 Å². The lowest BCUT2D eigenvalue weighted by atomic mass is 9.97. The Kier molecular flexibility index (Phi) is 10.9.